The highest BCUT2D eigenvalue weighted by Crippen LogP contribution is 2.25. The quantitative estimate of drug-likeness (QED) is 0.445. The lowest BCUT2D eigenvalue weighted by molar-refractivity contribution is 0.104. The average Bonchev–Trinajstić information content (AvgIpc) is 2.99. The van der Waals surface area contributed by atoms with Crippen molar-refractivity contribution in [3.8, 4) is 17.5 Å². The van der Waals surface area contributed by atoms with Crippen LogP contribution >= 0.6 is 11.6 Å². The Morgan fingerprint density at radius 1 is 1.25 bits per heavy atom. The number of halogens is 2. The predicted octanol–water partition coefficient (Wildman–Crippen LogP) is 4.77. The molecule has 0 bridgehead atoms. The minimum absolute atomic E-state index is 0.0526. The first kappa shape index (κ1) is 19.3. The molecule has 0 N–H and O–H groups in total. The minimum atomic E-state index is -0.349. The largest absolute Gasteiger partial charge is 0.479 e. The van der Waals surface area contributed by atoms with Crippen LogP contribution in [-0.4, -0.2) is 22.2 Å². The third-order valence-electron chi connectivity index (χ3n) is 3.96. The molecule has 0 saturated heterocycles. The van der Waals surface area contributed by atoms with E-state index >= 15 is 0 Å². The van der Waals surface area contributed by atoms with Crippen LogP contribution in [0, 0.1) is 24.1 Å². The Morgan fingerprint density at radius 3 is 2.57 bits per heavy atom. The lowest BCUT2D eigenvalue weighted by atomic mass is 10.1. The standard InChI is InChI=1S/C21H15ClFN3O2/c1-14-19(21(22)26(25-14)17-6-4-16(23)5-7-17)10-11-20(27)15-2-8-18(9-3-15)28-13-12-24/h2-11H,13H2,1H3. The van der Waals surface area contributed by atoms with E-state index in [4.69, 9.17) is 21.6 Å². The van der Waals surface area contributed by atoms with Gasteiger partial charge in [-0.2, -0.15) is 10.4 Å². The number of aryl methyl sites for hydroxylation is 1. The van der Waals surface area contributed by atoms with Crippen molar-refractivity contribution in [2.75, 3.05) is 6.61 Å². The fourth-order valence-electron chi connectivity index (χ4n) is 2.54. The summed E-state index contributed by atoms with van der Waals surface area (Å²) >= 11 is 6.40. The molecular formula is C21H15ClFN3O2. The number of ketones is 1. The summed E-state index contributed by atoms with van der Waals surface area (Å²) in [7, 11) is 0. The molecule has 7 heteroatoms. The summed E-state index contributed by atoms with van der Waals surface area (Å²) in [6.07, 6.45) is 3.02. The molecule has 1 aromatic heterocycles. The van der Waals surface area contributed by atoms with Gasteiger partial charge in [0.25, 0.3) is 0 Å². The van der Waals surface area contributed by atoms with Crippen LogP contribution in [-0.2, 0) is 0 Å². The molecule has 0 saturated carbocycles. The summed E-state index contributed by atoms with van der Waals surface area (Å²) in [6, 6.07) is 14.2. The second kappa shape index (κ2) is 8.51. The normalized spacial score (nSPS) is 10.8. The van der Waals surface area contributed by atoms with E-state index in [9.17, 15) is 9.18 Å². The Labute approximate surface area is 166 Å². The number of ether oxygens (including phenoxy) is 1. The van der Waals surface area contributed by atoms with Gasteiger partial charge in [0.2, 0.25) is 0 Å². The van der Waals surface area contributed by atoms with Crippen molar-refractivity contribution in [2.45, 2.75) is 6.92 Å². The Bertz CT molecular complexity index is 1060. The summed E-state index contributed by atoms with van der Waals surface area (Å²) in [5.41, 5.74) is 2.33. The first-order valence-electron chi connectivity index (χ1n) is 8.33. The molecule has 0 aliphatic heterocycles. The van der Waals surface area contributed by atoms with Crippen LogP contribution in [0.4, 0.5) is 4.39 Å². The van der Waals surface area contributed by atoms with Crippen LogP contribution in [0.3, 0.4) is 0 Å². The highest BCUT2D eigenvalue weighted by atomic mass is 35.5. The van der Waals surface area contributed by atoms with Crippen molar-refractivity contribution >= 4 is 23.5 Å². The molecule has 5 nitrogen and oxygen atoms in total. The maximum absolute atomic E-state index is 13.1. The van der Waals surface area contributed by atoms with Crippen molar-refractivity contribution in [3.63, 3.8) is 0 Å². The van der Waals surface area contributed by atoms with Crippen LogP contribution in [0.1, 0.15) is 21.6 Å². The van der Waals surface area contributed by atoms with Crippen molar-refractivity contribution < 1.29 is 13.9 Å². The molecule has 0 fully saturated rings. The number of hydrogen-bond acceptors (Lipinski definition) is 4. The summed E-state index contributed by atoms with van der Waals surface area (Å²) in [5.74, 6) is -0.0446. The van der Waals surface area contributed by atoms with Crippen molar-refractivity contribution in [3.05, 3.63) is 82.4 Å². The average molecular weight is 396 g/mol. The van der Waals surface area contributed by atoms with E-state index in [1.54, 1.807) is 49.4 Å². The number of aromatic nitrogens is 2. The van der Waals surface area contributed by atoms with Crippen LogP contribution in [0.15, 0.2) is 54.6 Å². The lowest BCUT2D eigenvalue weighted by Gasteiger charge is -2.03. The summed E-state index contributed by atoms with van der Waals surface area (Å²) in [6.45, 7) is 1.72. The Kier molecular flexibility index (Phi) is 5.87. The van der Waals surface area contributed by atoms with E-state index in [2.05, 4.69) is 5.10 Å². The van der Waals surface area contributed by atoms with Gasteiger partial charge in [-0.1, -0.05) is 11.6 Å². The first-order valence-corrected chi connectivity index (χ1v) is 8.70. The second-order valence-electron chi connectivity index (χ2n) is 5.85. The maximum Gasteiger partial charge on any atom is 0.185 e. The number of benzene rings is 2. The van der Waals surface area contributed by atoms with E-state index in [0.29, 0.717) is 33.4 Å². The zero-order valence-electron chi connectivity index (χ0n) is 14.9. The van der Waals surface area contributed by atoms with Gasteiger partial charge in [0.1, 0.15) is 22.8 Å². The third-order valence-corrected chi connectivity index (χ3v) is 4.33. The summed E-state index contributed by atoms with van der Waals surface area (Å²) in [5, 5.41) is 13.2. The minimum Gasteiger partial charge on any atom is -0.479 e. The van der Waals surface area contributed by atoms with Crippen LogP contribution in [0.2, 0.25) is 5.15 Å². The van der Waals surface area contributed by atoms with Crippen LogP contribution in [0.5, 0.6) is 5.75 Å². The van der Waals surface area contributed by atoms with Gasteiger partial charge >= 0.3 is 0 Å². The van der Waals surface area contributed by atoms with E-state index < -0.39 is 0 Å². The molecule has 0 aliphatic rings. The highest BCUT2D eigenvalue weighted by Gasteiger charge is 2.13. The second-order valence-corrected chi connectivity index (χ2v) is 6.20. The molecule has 0 radical (unpaired) electrons. The van der Waals surface area contributed by atoms with Gasteiger partial charge in [-0.3, -0.25) is 4.79 Å². The van der Waals surface area contributed by atoms with E-state index in [1.807, 2.05) is 6.07 Å². The Morgan fingerprint density at radius 2 is 1.93 bits per heavy atom. The highest BCUT2D eigenvalue weighted by molar-refractivity contribution is 6.31. The van der Waals surface area contributed by atoms with Crippen LogP contribution in [0.25, 0.3) is 11.8 Å². The molecule has 140 valence electrons. The number of carbonyl (C=O) groups is 1. The molecule has 3 aromatic rings. The third kappa shape index (κ3) is 4.27. The molecule has 0 aliphatic carbocycles. The van der Waals surface area contributed by atoms with E-state index in [0.717, 1.165) is 0 Å². The molecule has 1 heterocycles. The fraction of sp³-hybridized carbons (Fsp3) is 0.0952. The number of carbonyl (C=O) groups excluding carboxylic acids is 1. The topological polar surface area (TPSA) is 67.9 Å². The van der Waals surface area contributed by atoms with Gasteiger partial charge in [-0.15, -0.1) is 0 Å². The van der Waals surface area contributed by atoms with Gasteiger partial charge in [-0.05, 0) is 67.6 Å². The van der Waals surface area contributed by atoms with Gasteiger partial charge in [0.05, 0.1) is 11.4 Å². The van der Waals surface area contributed by atoms with Gasteiger partial charge in [-0.25, -0.2) is 9.07 Å². The first-order chi connectivity index (χ1) is 13.5. The van der Waals surface area contributed by atoms with E-state index in [-0.39, 0.29) is 18.2 Å². The fourth-order valence-corrected chi connectivity index (χ4v) is 2.88. The smallest absolute Gasteiger partial charge is 0.185 e. The van der Waals surface area contributed by atoms with Crippen LogP contribution < -0.4 is 4.74 Å². The molecule has 3 rings (SSSR count). The van der Waals surface area contributed by atoms with Crippen molar-refractivity contribution in [1.29, 1.82) is 5.26 Å². The Hall–Kier alpha value is -3.43. The number of hydrogen-bond donors (Lipinski definition) is 0. The number of nitriles is 1. The van der Waals surface area contributed by atoms with Crippen molar-refractivity contribution in [2.24, 2.45) is 0 Å². The van der Waals surface area contributed by atoms with Crippen molar-refractivity contribution in [1.82, 2.24) is 9.78 Å². The monoisotopic (exact) mass is 395 g/mol. The maximum atomic E-state index is 13.1. The predicted molar refractivity (Wildman–Crippen MR) is 104 cm³/mol. The number of allylic oxidation sites excluding steroid dienone is 1. The number of nitrogens with zero attached hydrogens (tertiary/aromatic N) is 3. The summed E-state index contributed by atoms with van der Waals surface area (Å²) in [4.78, 5) is 12.4. The molecule has 0 spiro atoms. The molecule has 0 unspecified atom stereocenters. The molecule has 28 heavy (non-hydrogen) atoms. The zero-order valence-corrected chi connectivity index (χ0v) is 15.7. The molecular weight excluding hydrogens is 381 g/mol. The van der Waals surface area contributed by atoms with Gasteiger partial charge in [0, 0.05) is 11.1 Å². The Balaban J connectivity index is 1.79. The molecule has 0 amide bonds. The summed E-state index contributed by atoms with van der Waals surface area (Å²) < 4.78 is 19.8. The lowest BCUT2D eigenvalue weighted by Crippen LogP contribution is -1.97. The van der Waals surface area contributed by atoms with Gasteiger partial charge in [0.15, 0.2) is 12.4 Å². The molecule has 0 atom stereocenters. The van der Waals surface area contributed by atoms with E-state index in [1.165, 1.54) is 22.9 Å². The van der Waals surface area contributed by atoms with Gasteiger partial charge < -0.3 is 4.74 Å². The zero-order chi connectivity index (χ0) is 20.1. The molecule has 2 aromatic carbocycles. The SMILES string of the molecule is Cc1nn(-c2ccc(F)cc2)c(Cl)c1C=CC(=O)c1ccc(OCC#N)cc1. The number of rotatable bonds is 6.